The van der Waals surface area contributed by atoms with Crippen LogP contribution in [-0.4, -0.2) is 19.3 Å². The number of rotatable bonds is 8. The molecule has 0 N–H and O–H groups in total. The topological polar surface area (TPSA) is 27.7 Å². The number of halogens is 6. The predicted molar refractivity (Wildman–Crippen MR) is 141 cm³/mol. The monoisotopic (exact) mass is 584 g/mol. The molecule has 9 heteroatoms. The molecule has 3 aliphatic rings. The van der Waals surface area contributed by atoms with Gasteiger partial charge in [-0.25, -0.2) is 17.6 Å². The van der Waals surface area contributed by atoms with Crippen molar-refractivity contribution in [2.75, 3.05) is 13.2 Å². The normalized spacial score (nSPS) is 29.4. The summed E-state index contributed by atoms with van der Waals surface area (Å²) in [6, 6.07) is 5.86. The first-order valence-corrected chi connectivity index (χ1v) is 14.9. The SMILES string of the molecule is CCCC1COC(c2ccc(C3CCC(C4CCC(OC(F)(F)c5cc(F)c(F)c(F)c5)CC4)CC3)c(F)c2)OC1. The lowest BCUT2D eigenvalue weighted by molar-refractivity contribution is -0.278. The van der Waals surface area contributed by atoms with E-state index in [1.807, 2.05) is 12.1 Å². The van der Waals surface area contributed by atoms with Crippen molar-refractivity contribution >= 4 is 0 Å². The molecule has 3 fully saturated rings. The molecule has 1 saturated heterocycles. The second-order valence-corrected chi connectivity index (χ2v) is 12.0. The van der Waals surface area contributed by atoms with Crippen LogP contribution in [0.15, 0.2) is 30.3 Å². The summed E-state index contributed by atoms with van der Waals surface area (Å²) in [4.78, 5) is 0. The van der Waals surface area contributed by atoms with E-state index in [-0.39, 0.29) is 23.9 Å². The number of alkyl halides is 2. The van der Waals surface area contributed by atoms with Gasteiger partial charge in [0.2, 0.25) is 0 Å². The number of hydrogen-bond donors (Lipinski definition) is 0. The van der Waals surface area contributed by atoms with Gasteiger partial charge in [-0.1, -0.05) is 25.5 Å². The van der Waals surface area contributed by atoms with Crippen molar-refractivity contribution in [3.63, 3.8) is 0 Å². The molecule has 0 aromatic heterocycles. The van der Waals surface area contributed by atoms with Crippen LogP contribution >= 0.6 is 0 Å². The van der Waals surface area contributed by atoms with Crippen molar-refractivity contribution in [2.24, 2.45) is 17.8 Å². The molecule has 3 nitrogen and oxygen atoms in total. The summed E-state index contributed by atoms with van der Waals surface area (Å²) in [5.74, 6) is -4.03. The van der Waals surface area contributed by atoms with E-state index in [1.165, 1.54) is 6.07 Å². The Balaban J connectivity index is 1.09. The van der Waals surface area contributed by atoms with Gasteiger partial charge in [-0.05, 0) is 99.3 Å². The Labute approximate surface area is 237 Å². The van der Waals surface area contributed by atoms with Gasteiger partial charge in [-0.3, -0.25) is 0 Å². The summed E-state index contributed by atoms with van der Waals surface area (Å²) in [7, 11) is 0. The molecule has 5 rings (SSSR count). The molecule has 0 radical (unpaired) electrons. The third-order valence-corrected chi connectivity index (χ3v) is 9.19. The summed E-state index contributed by atoms with van der Waals surface area (Å²) < 4.78 is 101. The molecular formula is C32H38F6O3. The van der Waals surface area contributed by atoms with Crippen LogP contribution in [0.3, 0.4) is 0 Å². The summed E-state index contributed by atoms with van der Waals surface area (Å²) >= 11 is 0. The second kappa shape index (κ2) is 13.0. The van der Waals surface area contributed by atoms with Crippen LogP contribution in [0.5, 0.6) is 0 Å². The molecule has 0 atom stereocenters. The van der Waals surface area contributed by atoms with Gasteiger partial charge in [0.05, 0.1) is 24.9 Å². The van der Waals surface area contributed by atoms with Crippen molar-refractivity contribution in [2.45, 2.75) is 95.6 Å². The summed E-state index contributed by atoms with van der Waals surface area (Å²) in [5, 5.41) is 0. The van der Waals surface area contributed by atoms with Crippen LogP contribution in [0, 0.1) is 41.0 Å². The first-order valence-electron chi connectivity index (χ1n) is 14.9. The minimum atomic E-state index is -3.92. The lowest BCUT2D eigenvalue weighted by Crippen LogP contribution is -2.32. The fourth-order valence-corrected chi connectivity index (χ4v) is 6.91. The molecule has 0 unspecified atom stereocenters. The standard InChI is InChI=1S/C32H38F6O3/c1-2-3-19-17-39-31(40-18-19)23-10-13-26(27(33)14-23)22-6-4-20(5-7-22)21-8-11-25(12-9-21)41-32(37,38)24-15-28(34)30(36)29(35)16-24/h10,13-16,19-22,25,31H,2-9,11-12,17-18H2,1H3. The van der Waals surface area contributed by atoms with E-state index in [1.54, 1.807) is 0 Å². The molecule has 226 valence electrons. The summed E-state index contributed by atoms with van der Waals surface area (Å²) in [6.07, 6.45) is 2.80. The van der Waals surface area contributed by atoms with Crippen LogP contribution in [0.4, 0.5) is 26.3 Å². The smallest absolute Gasteiger partial charge is 0.348 e. The molecule has 0 spiro atoms. The van der Waals surface area contributed by atoms with Gasteiger partial charge in [-0.15, -0.1) is 0 Å². The Morgan fingerprint density at radius 3 is 1.93 bits per heavy atom. The minimum Gasteiger partial charge on any atom is -0.348 e. The van der Waals surface area contributed by atoms with Gasteiger partial charge < -0.3 is 14.2 Å². The van der Waals surface area contributed by atoms with Crippen molar-refractivity contribution in [1.82, 2.24) is 0 Å². The maximum atomic E-state index is 15.2. The highest BCUT2D eigenvalue weighted by atomic mass is 19.3. The highest BCUT2D eigenvalue weighted by Gasteiger charge is 2.40. The fourth-order valence-electron chi connectivity index (χ4n) is 6.91. The zero-order chi connectivity index (χ0) is 29.1. The minimum absolute atomic E-state index is 0.136. The summed E-state index contributed by atoms with van der Waals surface area (Å²) in [5.41, 5.74) is 0.392. The third kappa shape index (κ3) is 7.11. The number of benzene rings is 2. The van der Waals surface area contributed by atoms with Crippen LogP contribution in [0.25, 0.3) is 0 Å². The first-order chi connectivity index (χ1) is 19.6. The molecule has 0 bridgehead atoms. The largest absolute Gasteiger partial charge is 0.383 e. The van der Waals surface area contributed by atoms with Crippen LogP contribution in [-0.2, 0) is 20.3 Å². The van der Waals surface area contributed by atoms with E-state index >= 15 is 4.39 Å². The fraction of sp³-hybridized carbons (Fsp3) is 0.625. The highest BCUT2D eigenvalue weighted by Crippen LogP contribution is 2.45. The molecule has 2 aromatic rings. The van der Waals surface area contributed by atoms with E-state index < -0.39 is 41.5 Å². The molecule has 41 heavy (non-hydrogen) atoms. The molecule has 1 aliphatic heterocycles. The molecular weight excluding hydrogens is 546 g/mol. The van der Waals surface area contributed by atoms with Crippen LogP contribution in [0.1, 0.15) is 100 Å². The van der Waals surface area contributed by atoms with Gasteiger partial charge in [0.25, 0.3) is 0 Å². The van der Waals surface area contributed by atoms with Gasteiger partial charge >= 0.3 is 6.11 Å². The Morgan fingerprint density at radius 2 is 1.37 bits per heavy atom. The highest BCUT2D eigenvalue weighted by molar-refractivity contribution is 5.28. The predicted octanol–water partition coefficient (Wildman–Crippen LogP) is 9.30. The maximum absolute atomic E-state index is 15.2. The van der Waals surface area contributed by atoms with Gasteiger partial charge in [-0.2, -0.15) is 8.78 Å². The average Bonchev–Trinajstić information content (AvgIpc) is 2.96. The quantitative estimate of drug-likeness (QED) is 0.229. The van der Waals surface area contributed by atoms with Crippen LogP contribution in [0.2, 0.25) is 0 Å². The van der Waals surface area contributed by atoms with Crippen molar-refractivity contribution in [3.05, 3.63) is 70.3 Å². The van der Waals surface area contributed by atoms with Crippen molar-refractivity contribution in [3.8, 4) is 0 Å². The van der Waals surface area contributed by atoms with E-state index in [0.29, 0.717) is 62.2 Å². The first kappa shape index (κ1) is 30.4. The van der Waals surface area contributed by atoms with Crippen LogP contribution < -0.4 is 0 Å². The summed E-state index contributed by atoms with van der Waals surface area (Å²) in [6.45, 7) is 3.37. The van der Waals surface area contributed by atoms with E-state index in [4.69, 9.17) is 14.2 Å². The Bertz CT molecular complexity index is 1140. The van der Waals surface area contributed by atoms with E-state index in [2.05, 4.69) is 6.92 Å². The number of ether oxygens (including phenoxy) is 3. The average molecular weight is 585 g/mol. The van der Waals surface area contributed by atoms with Gasteiger partial charge in [0.15, 0.2) is 23.7 Å². The van der Waals surface area contributed by atoms with E-state index in [0.717, 1.165) is 44.1 Å². The zero-order valence-electron chi connectivity index (χ0n) is 23.3. The third-order valence-electron chi connectivity index (χ3n) is 9.19. The zero-order valence-corrected chi connectivity index (χ0v) is 23.3. The Morgan fingerprint density at radius 1 is 0.780 bits per heavy atom. The van der Waals surface area contributed by atoms with Crippen molar-refractivity contribution < 1.29 is 40.6 Å². The molecule has 2 saturated carbocycles. The van der Waals surface area contributed by atoms with Gasteiger partial charge in [0, 0.05) is 11.5 Å². The number of hydrogen-bond acceptors (Lipinski definition) is 3. The lowest BCUT2D eigenvalue weighted by Gasteiger charge is -2.38. The molecule has 0 amide bonds. The van der Waals surface area contributed by atoms with E-state index in [9.17, 15) is 22.0 Å². The maximum Gasteiger partial charge on any atom is 0.383 e. The Hall–Kier alpha value is -2.10. The second-order valence-electron chi connectivity index (χ2n) is 12.0. The van der Waals surface area contributed by atoms with Crippen molar-refractivity contribution in [1.29, 1.82) is 0 Å². The molecule has 2 aliphatic carbocycles. The molecule has 1 heterocycles. The molecule has 2 aromatic carbocycles. The Kier molecular flexibility index (Phi) is 9.66. The lowest BCUT2D eigenvalue weighted by atomic mass is 9.69. The van der Waals surface area contributed by atoms with Gasteiger partial charge in [0.1, 0.15) is 5.82 Å².